The second-order valence-electron chi connectivity index (χ2n) is 8.32. The molecular weight excluding hydrogens is 428 g/mol. The number of esters is 1. The van der Waals surface area contributed by atoms with Gasteiger partial charge in [0.05, 0.1) is 17.1 Å². The van der Waals surface area contributed by atoms with E-state index in [2.05, 4.69) is 6.58 Å². The lowest BCUT2D eigenvalue weighted by atomic mass is 9.78. The van der Waals surface area contributed by atoms with Gasteiger partial charge >= 0.3 is 5.97 Å². The minimum Gasteiger partial charge on any atom is -0.463 e. The summed E-state index contributed by atoms with van der Waals surface area (Å²) in [6.45, 7) is 8.29. The smallest absolute Gasteiger partial charge is 0.336 e. The number of benzene rings is 2. The highest BCUT2D eigenvalue weighted by Crippen LogP contribution is 2.46. The topological polar surface area (TPSA) is 81.8 Å². The zero-order valence-electron chi connectivity index (χ0n) is 19.2. The van der Waals surface area contributed by atoms with Crippen LogP contribution in [0.2, 0.25) is 0 Å². The second kappa shape index (κ2) is 9.83. The van der Waals surface area contributed by atoms with E-state index < -0.39 is 4.92 Å². The molecule has 34 heavy (non-hydrogen) atoms. The predicted octanol–water partition coefficient (Wildman–Crippen LogP) is 6.18. The number of hydrogen-bond acceptors (Lipinski definition) is 5. The van der Waals surface area contributed by atoms with Crippen LogP contribution in [0.25, 0.3) is 12.2 Å². The lowest BCUT2D eigenvalue weighted by Crippen LogP contribution is -2.29. The molecule has 2 aliphatic rings. The minimum atomic E-state index is -0.413. The predicted molar refractivity (Wildman–Crippen MR) is 134 cm³/mol. The van der Waals surface area contributed by atoms with E-state index in [-0.39, 0.29) is 30.1 Å². The molecule has 0 saturated heterocycles. The van der Waals surface area contributed by atoms with Crippen LogP contribution >= 0.6 is 0 Å². The molecule has 0 bridgehead atoms. The van der Waals surface area contributed by atoms with Gasteiger partial charge in [0.2, 0.25) is 0 Å². The summed E-state index contributed by atoms with van der Waals surface area (Å²) in [5.41, 5.74) is 6.03. The van der Waals surface area contributed by atoms with E-state index in [1.807, 2.05) is 55.5 Å². The molecule has 0 radical (unpaired) electrons. The molecule has 0 aromatic heterocycles. The van der Waals surface area contributed by atoms with Gasteiger partial charge in [0.25, 0.3) is 5.69 Å². The molecule has 6 heteroatoms. The van der Waals surface area contributed by atoms with Crippen LogP contribution < -0.4 is 0 Å². The molecule has 2 aromatic carbocycles. The summed E-state index contributed by atoms with van der Waals surface area (Å²) in [4.78, 5) is 28.2. The number of aliphatic imine (C=N–C) groups is 1. The number of hydrogen-bond donors (Lipinski definition) is 0. The number of carbonyl (C=O) groups excluding carboxylic acids is 1. The van der Waals surface area contributed by atoms with Gasteiger partial charge in [0.1, 0.15) is 0 Å². The average Bonchev–Trinajstić information content (AvgIpc) is 3.12. The first-order chi connectivity index (χ1) is 16.4. The van der Waals surface area contributed by atoms with Crippen molar-refractivity contribution in [2.75, 3.05) is 6.61 Å². The third-order valence-corrected chi connectivity index (χ3v) is 6.15. The highest BCUT2D eigenvalue weighted by Gasteiger charge is 2.42. The maximum atomic E-state index is 12.9. The van der Waals surface area contributed by atoms with E-state index in [1.165, 1.54) is 12.1 Å². The van der Waals surface area contributed by atoms with Gasteiger partial charge in [-0.25, -0.2) is 4.79 Å². The van der Waals surface area contributed by atoms with Gasteiger partial charge < -0.3 is 4.74 Å². The molecule has 2 atom stereocenters. The fraction of sp³-hybridized carbons (Fsp3) is 0.214. The number of non-ortho nitro benzene ring substituents is 1. The molecule has 0 amide bonds. The fourth-order valence-electron chi connectivity index (χ4n) is 4.55. The van der Waals surface area contributed by atoms with Gasteiger partial charge in [-0.1, -0.05) is 55.1 Å². The average molecular weight is 455 g/mol. The van der Waals surface area contributed by atoms with Gasteiger partial charge in [0, 0.05) is 41.8 Å². The van der Waals surface area contributed by atoms with Crippen LogP contribution in [0, 0.1) is 22.0 Å². The SMILES string of the molecule is C=C1/C(=C\c2ccc([N+](=O)[O-])cc2)CC2=NC(C)=C(C(=O)OCC)C(/C=C/c3ccccc3)C12. The number of nitro groups is 1. The molecule has 2 aromatic rings. The molecule has 1 saturated carbocycles. The molecular formula is C28H26N2O4. The summed E-state index contributed by atoms with van der Waals surface area (Å²) in [6.07, 6.45) is 6.67. The van der Waals surface area contributed by atoms with E-state index >= 15 is 0 Å². The van der Waals surface area contributed by atoms with Crippen molar-refractivity contribution in [2.45, 2.75) is 20.3 Å². The molecule has 1 aliphatic carbocycles. The Labute approximate surface area is 198 Å². The second-order valence-corrected chi connectivity index (χ2v) is 8.32. The first-order valence-electron chi connectivity index (χ1n) is 11.2. The molecule has 2 unspecified atom stereocenters. The molecule has 0 N–H and O–H groups in total. The van der Waals surface area contributed by atoms with Gasteiger partial charge in [-0.05, 0) is 48.3 Å². The number of nitrogens with zero attached hydrogens (tertiary/aromatic N) is 2. The Balaban J connectivity index is 1.70. The van der Waals surface area contributed by atoms with Gasteiger partial charge in [-0.3, -0.25) is 15.1 Å². The molecule has 4 rings (SSSR count). The molecule has 172 valence electrons. The first-order valence-corrected chi connectivity index (χ1v) is 11.2. The third-order valence-electron chi connectivity index (χ3n) is 6.15. The summed E-state index contributed by atoms with van der Waals surface area (Å²) in [5.74, 6) is -0.750. The maximum Gasteiger partial charge on any atom is 0.336 e. The van der Waals surface area contributed by atoms with Crippen molar-refractivity contribution in [1.29, 1.82) is 0 Å². The number of allylic oxidation sites excluding steroid dienone is 4. The summed E-state index contributed by atoms with van der Waals surface area (Å²) in [5, 5.41) is 11.0. The Kier molecular flexibility index (Phi) is 6.68. The number of carbonyl (C=O) groups is 1. The molecule has 6 nitrogen and oxygen atoms in total. The molecule has 1 heterocycles. The Morgan fingerprint density at radius 1 is 1.18 bits per heavy atom. The molecule has 0 spiro atoms. The zero-order valence-corrected chi connectivity index (χ0v) is 19.2. The molecule has 1 aliphatic heterocycles. The maximum absolute atomic E-state index is 12.9. The number of nitro benzene ring substituents is 1. The Hall–Kier alpha value is -4.06. The summed E-state index contributed by atoms with van der Waals surface area (Å²) in [6, 6.07) is 16.4. The van der Waals surface area contributed by atoms with E-state index in [9.17, 15) is 14.9 Å². The number of fused-ring (bicyclic) bond motifs is 1. The van der Waals surface area contributed by atoms with Crippen molar-refractivity contribution < 1.29 is 14.5 Å². The highest BCUT2D eigenvalue weighted by molar-refractivity contribution is 6.04. The lowest BCUT2D eigenvalue weighted by molar-refractivity contribution is -0.384. The van der Waals surface area contributed by atoms with Crippen LogP contribution in [0.1, 0.15) is 31.4 Å². The van der Waals surface area contributed by atoms with Crippen LogP contribution in [-0.2, 0) is 9.53 Å². The Morgan fingerprint density at radius 2 is 1.88 bits per heavy atom. The minimum absolute atomic E-state index is 0.0514. The molecule has 1 fully saturated rings. The standard InChI is InChI=1S/C28H26N2O4/c1-4-34-28(31)27-19(3)29-25-17-22(16-21-10-13-23(14-11-21)30(32)33)18(2)26(25)24(27)15-12-20-8-6-5-7-9-20/h5-16,24,26H,2,4,17H2,1,3H3/b15-12+,22-16-. The quantitative estimate of drug-likeness (QED) is 0.297. The van der Waals surface area contributed by atoms with Crippen LogP contribution in [0.15, 0.2) is 94.7 Å². The third kappa shape index (κ3) is 4.66. The van der Waals surface area contributed by atoms with Crippen molar-refractivity contribution in [3.63, 3.8) is 0 Å². The summed E-state index contributed by atoms with van der Waals surface area (Å²) in [7, 11) is 0. The van der Waals surface area contributed by atoms with Crippen LogP contribution in [-0.4, -0.2) is 23.2 Å². The van der Waals surface area contributed by atoms with Crippen molar-refractivity contribution >= 4 is 29.5 Å². The van der Waals surface area contributed by atoms with Gasteiger partial charge in [-0.15, -0.1) is 0 Å². The van der Waals surface area contributed by atoms with E-state index in [0.29, 0.717) is 17.7 Å². The number of rotatable bonds is 6. The number of ether oxygens (including phenoxy) is 1. The van der Waals surface area contributed by atoms with Gasteiger partial charge in [0.15, 0.2) is 0 Å². The first kappa shape index (κ1) is 23.1. The van der Waals surface area contributed by atoms with Crippen molar-refractivity contribution in [1.82, 2.24) is 0 Å². The highest BCUT2D eigenvalue weighted by atomic mass is 16.6. The van der Waals surface area contributed by atoms with E-state index in [4.69, 9.17) is 9.73 Å². The van der Waals surface area contributed by atoms with Crippen LogP contribution in [0.3, 0.4) is 0 Å². The lowest BCUT2D eigenvalue weighted by Gasteiger charge is -2.28. The Morgan fingerprint density at radius 3 is 2.53 bits per heavy atom. The van der Waals surface area contributed by atoms with E-state index in [1.54, 1.807) is 19.1 Å². The zero-order chi connectivity index (χ0) is 24.2. The largest absolute Gasteiger partial charge is 0.463 e. The Bertz CT molecular complexity index is 1250. The normalized spacial score (nSPS) is 21.1. The van der Waals surface area contributed by atoms with Crippen molar-refractivity contribution in [2.24, 2.45) is 16.8 Å². The fourth-order valence-corrected chi connectivity index (χ4v) is 4.55. The van der Waals surface area contributed by atoms with E-state index in [0.717, 1.165) is 28.0 Å². The van der Waals surface area contributed by atoms with Crippen molar-refractivity contribution in [3.05, 3.63) is 111 Å². The summed E-state index contributed by atoms with van der Waals surface area (Å²) < 4.78 is 5.37. The monoisotopic (exact) mass is 454 g/mol. The van der Waals surface area contributed by atoms with Crippen LogP contribution in [0.5, 0.6) is 0 Å². The van der Waals surface area contributed by atoms with Crippen LogP contribution in [0.4, 0.5) is 5.69 Å². The van der Waals surface area contributed by atoms with Crippen molar-refractivity contribution in [3.8, 4) is 0 Å². The van der Waals surface area contributed by atoms with Gasteiger partial charge in [-0.2, -0.15) is 0 Å². The summed E-state index contributed by atoms with van der Waals surface area (Å²) >= 11 is 0.